The van der Waals surface area contributed by atoms with Crippen LogP contribution >= 0.6 is 0 Å². The van der Waals surface area contributed by atoms with Gasteiger partial charge < -0.3 is 9.52 Å². The Morgan fingerprint density at radius 3 is 2.75 bits per heavy atom. The van der Waals surface area contributed by atoms with E-state index in [2.05, 4.69) is 25.1 Å². The third-order valence-electron chi connectivity index (χ3n) is 3.60. The minimum atomic E-state index is -0.426. The van der Waals surface area contributed by atoms with Gasteiger partial charge in [-0.3, -0.25) is 0 Å². The summed E-state index contributed by atoms with van der Waals surface area (Å²) in [6, 6.07) is 6.26. The van der Waals surface area contributed by atoms with E-state index in [1.165, 1.54) is 16.5 Å². The molecule has 0 bridgehead atoms. The Kier molecular flexibility index (Phi) is 1.93. The Morgan fingerprint density at radius 1 is 1.31 bits per heavy atom. The van der Waals surface area contributed by atoms with Gasteiger partial charge in [0.15, 0.2) is 0 Å². The second kappa shape index (κ2) is 3.11. The number of hydrogen-bond donors (Lipinski definition) is 1. The monoisotopic (exact) mass is 216 g/mol. The number of benzene rings is 1. The van der Waals surface area contributed by atoms with Crippen LogP contribution in [0.3, 0.4) is 0 Å². The minimum Gasteiger partial charge on any atom is -0.461 e. The van der Waals surface area contributed by atoms with Crippen molar-refractivity contribution in [1.82, 2.24) is 0 Å². The summed E-state index contributed by atoms with van der Waals surface area (Å²) in [6.45, 7) is 4.07. The van der Waals surface area contributed by atoms with E-state index < -0.39 is 5.60 Å². The SMILES string of the molecule is Cc1oc2cc(CC3(O)CC3)ccc2c1C. The van der Waals surface area contributed by atoms with E-state index in [4.69, 9.17) is 4.42 Å². The molecule has 1 fully saturated rings. The van der Waals surface area contributed by atoms with Crippen molar-refractivity contribution >= 4 is 11.0 Å². The summed E-state index contributed by atoms with van der Waals surface area (Å²) in [5.74, 6) is 0.984. The van der Waals surface area contributed by atoms with Crippen LogP contribution in [0.4, 0.5) is 0 Å². The van der Waals surface area contributed by atoms with E-state index in [9.17, 15) is 5.11 Å². The third-order valence-corrected chi connectivity index (χ3v) is 3.60. The topological polar surface area (TPSA) is 33.4 Å². The van der Waals surface area contributed by atoms with Gasteiger partial charge in [0.05, 0.1) is 5.60 Å². The van der Waals surface area contributed by atoms with Crippen LogP contribution in [0.1, 0.15) is 29.7 Å². The van der Waals surface area contributed by atoms with Crippen molar-refractivity contribution in [2.45, 2.75) is 38.7 Å². The van der Waals surface area contributed by atoms with E-state index >= 15 is 0 Å². The molecular formula is C14H16O2. The fraction of sp³-hybridized carbons (Fsp3) is 0.429. The molecule has 16 heavy (non-hydrogen) atoms. The Bertz CT molecular complexity index is 547. The van der Waals surface area contributed by atoms with Gasteiger partial charge in [-0.25, -0.2) is 0 Å². The molecule has 1 saturated carbocycles. The summed E-state index contributed by atoms with van der Waals surface area (Å²) < 4.78 is 5.69. The van der Waals surface area contributed by atoms with Crippen molar-refractivity contribution in [3.63, 3.8) is 0 Å². The van der Waals surface area contributed by atoms with E-state index in [0.717, 1.165) is 30.6 Å². The first-order valence-corrected chi connectivity index (χ1v) is 5.78. The summed E-state index contributed by atoms with van der Waals surface area (Å²) >= 11 is 0. The molecule has 1 heterocycles. The number of aryl methyl sites for hydroxylation is 2. The van der Waals surface area contributed by atoms with Crippen LogP contribution in [0.25, 0.3) is 11.0 Å². The van der Waals surface area contributed by atoms with Crippen molar-refractivity contribution < 1.29 is 9.52 Å². The van der Waals surface area contributed by atoms with Gasteiger partial charge in [-0.2, -0.15) is 0 Å². The average molecular weight is 216 g/mol. The third kappa shape index (κ3) is 1.54. The summed E-state index contributed by atoms with van der Waals surface area (Å²) in [5.41, 5.74) is 2.90. The molecule has 2 aromatic rings. The lowest BCUT2D eigenvalue weighted by Crippen LogP contribution is -2.10. The molecule has 2 nitrogen and oxygen atoms in total. The van der Waals surface area contributed by atoms with E-state index in [1.54, 1.807) is 0 Å². The maximum absolute atomic E-state index is 9.88. The van der Waals surface area contributed by atoms with Crippen LogP contribution in [0, 0.1) is 13.8 Å². The lowest BCUT2D eigenvalue weighted by atomic mass is 10.0. The van der Waals surface area contributed by atoms with Gasteiger partial charge in [0.2, 0.25) is 0 Å². The lowest BCUT2D eigenvalue weighted by molar-refractivity contribution is 0.151. The molecular weight excluding hydrogens is 200 g/mol. The first-order valence-electron chi connectivity index (χ1n) is 5.78. The van der Waals surface area contributed by atoms with Crippen LogP contribution in [-0.2, 0) is 6.42 Å². The van der Waals surface area contributed by atoms with Crippen LogP contribution in [0.5, 0.6) is 0 Å². The molecule has 84 valence electrons. The smallest absolute Gasteiger partial charge is 0.134 e. The molecule has 1 aliphatic carbocycles. The summed E-state index contributed by atoms with van der Waals surface area (Å²) in [7, 11) is 0. The lowest BCUT2D eigenvalue weighted by Gasteiger charge is -2.06. The highest BCUT2D eigenvalue weighted by Crippen LogP contribution is 2.38. The summed E-state index contributed by atoms with van der Waals surface area (Å²) in [6.07, 6.45) is 2.62. The number of furan rings is 1. The minimum absolute atomic E-state index is 0.426. The summed E-state index contributed by atoms with van der Waals surface area (Å²) in [5, 5.41) is 11.1. The molecule has 1 aromatic heterocycles. The highest BCUT2D eigenvalue weighted by molar-refractivity contribution is 5.82. The van der Waals surface area contributed by atoms with Crippen molar-refractivity contribution in [2.24, 2.45) is 0 Å². The van der Waals surface area contributed by atoms with Gasteiger partial charge in [-0.1, -0.05) is 12.1 Å². The van der Waals surface area contributed by atoms with Crippen LogP contribution in [0.15, 0.2) is 22.6 Å². The first-order chi connectivity index (χ1) is 7.57. The normalized spacial score (nSPS) is 17.9. The van der Waals surface area contributed by atoms with Gasteiger partial charge >= 0.3 is 0 Å². The second-order valence-electron chi connectivity index (χ2n) is 5.01. The van der Waals surface area contributed by atoms with Crippen molar-refractivity contribution in [2.75, 3.05) is 0 Å². The Morgan fingerprint density at radius 2 is 2.06 bits per heavy atom. The Labute approximate surface area is 94.9 Å². The molecule has 0 atom stereocenters. The molecule has 1 N–H and O–H groups in total. The van der Waals surface area contributed by atoms with Crippen molar-refractivity contribution in [3.8, 4) is 0 Å². The molecule has 0 unspecified atom stereocenters. The second-order valence-corrected chi connectivity index (χ2v) is 5.01. The van der Waals surface area contributed by atoms with Gasteiger partial charge in [0, 0.05) is 11.8 Å². The zero-order valence-electron chi connectivity index (χ0n) is 9.71. The van der Waals surface area contributed by atoms with Gasteiger partial charge in [0.1, 0.15) is 11.3 Å². The number of fused-ring (bicyclic) bond motifs is 1. The average Bonchev–Trinajstić information content (AvgIpc) is 2.88. The highest BCUT2D eigenvalue weighted by Gasteiger charge is 2.40. The standard InChI is InChI=1S/C14H16O2/c1-9-10(2)16-13-7-11(3-4-12(9)13)8-14(15)5-6-14/h3-4,7,15H,5-6,8H2,1-2H3. The zero-order valence-corrected chi connectivity index (χ0v) is 9.71. The fourth-order valence-corrected chi connectivity index (χ4v) is 2.20. The highest BCUT2D eigenvalue weighted by atomic mass is 16.3. The quantitative estimate of drug-likeness (QED) is 0.836. The van der Waals surface area contributed by atoms with Gasteiger partial charge in [-0.05, 0) is 43.9 Å². The molecule has 0 spiro atoms. The summed E-state index contributed by atoms with van der Waals surface area (Å²) in [4.78, 5) is 0. The molecule has 0 amide bonds. The number of rotatable bonds is 2. The fourth-order valence-electron chi connectivity index (χ4n) is 2.20. The predicted molar refractivity (Wildman–Crippen MR) is 63.6 cm³/mol. The first kappa shape index (κ1) is 9.91. The number of hydrogen-bond acceptors (Lipinski definition) is 2. The molecule has 1 aliphatic rings. The van der Waals surface area contributed by atoms with Crippen molar-refractivity contribution in [3.05, 3.63) is 35.1 Å². The predicted octanol–water partition coefficient (Wildman–Crippen LogP) is 3.12. The molecule has 2 heteroatoms. The van der Waals surface area contributed by atoms with Gasteiger partial charge in [0.25, 0.3) is 0 Å². The number of aliphatic hydroxyl groups is 1. The van der Waals surface area contributed by atoms with E-state index in [1.807, 2.05) is 6.92 Å². The molecule has 3 rings (SSSR count). The molecule has 0 aliphatic heterocycles. The van der Waals surface area contributed by atoms with Crippen LogP contribution in [-0.4, -0.2) is 10.7 Å². The molecule has 1 aromatic carbocycles. The van der Waals surface area contributed by atoms with Gasteiger partial charge in [-0.15, -0.1) is 0 Å². The maximum Gasteiger partial charge on any atom is 0.134 e. The van der Waals surface area contributed by atoms with Crippen LogP contribution < -0.4 is 0 Å². The maximum atomic E-state index is 9.88. The largest absolute Gasteiger partial charge is 0.461 e. The Balaban J connectivity index is 2.02. The molecule has 0 saturated heterocycles. The van der Waals surface area contributed by atoms with E-state index in [0.29, 0.717) is 0 Å². The molecule has 0 radical (unpaired) electrons. The van der Waals surface area contributed by atoms with E-state index in [-0.39, 0.29) is 0 Å². The zero-order chi connectivity index (χ0) is 11.3. The Hall–Kier alpha value is -1.28. The van der Waals surface area contributed by atoms with Crippen molar-refractivity contribution in [1.29, 1.82) is 0 Å². The van der Waals surface area contributed by atoms with Crippen LogP contribution in [0.2, 0.25) is 0 Å².